The van der Waals surface area contributed by atoms with Gasteiger partial charge in [0.15, 0.2) is 0 Å². The highest BCUT2D eigenvalue weighted by atomic mass is 16.2. The first kappa shape index (κ1) is 21.4. The van der Waals surface area contributed by atoms with Gasteiger partial charge in [-0.15, -0.1) is 6.58 Å². The monoisotopic (exact) mass is 419 g/mol. The Kier molecular flexibility index (Phi) is 6.01. The summed E-state index contributed by atoms with van der Waals surface area (Å²) in [6, 6.07) is 6.42. The highest BCUT2D eigenvalue weighted by molar-refractivity contribution is 5.90. The van der Waals surface area contributed by atoms with Gasteiger partial charge in [0.1, 0.15) is 5.82 Å². The quantitative estimate of drug-likeness (QED) is 0.595. The van der Waals surface area contributed by atoms with Crippen molar-refractivity contribution < 1.29 is 4.79 Å². The van der Waals surface area contributed by atoms with E-state index in [4.69, 9.17) is 0 Å². The van der Waals surface area contributed by atoms with E-state index in [-0.39, 0.29) is 18.0 Å². The highest BCUT2D eigenvalue weighted by Crippen LogP contribution is 2.36. The van der Waals surface area contributed by atoms with Gasteiger partial charge in [-0.2, -0.15) is 0 Å². The summed E-state index contributed by atoms with van der Waals surface area (Å²) >= 11 is 0. The van der Waals surface area contributed by atoms with Crippen molar-refractivity contribution in [2.75, 3.05) is 13.6 Å². The number of hydrogen-bond donors (Lipinski definition) is 1. The highest BCUT2D eigenvalue weighted by Gasteiger charge is 2.32. The van der Waals surface area contributed by atoms with Gasteiger partial charge in [-0.1, -0.05) is 32.1 Å². The van der Waals surface area contributed by atoms with Gasteiger partial charge in [0, 0.05) is 56.2 Å². The van der Waals surface area contributed by atoms with E-state index in [9.17, 15) is 4.79 Å². The van der Waals surface area contributed by atoms with E-state index in [0.29, 0.717) is 25.4 Å². The third-order valence-corrected chi connectivity index (χ3v) is 6.24. The summed E-state index contributed by atoms with van der Waals surface area (Å²) in [5, 5.41) is 4.99. The zero-order chi connectivity index (χ0) is 22.1. The minimum Gasteiger partial charge on any atom is -0.341 e. The third-order valence-electron chi connectivity index (χ3n) is 6.24. The number of aryl methyl sites for hydroxylation is 1. The van der Waals surface area contributed by atoms with E-state index < -0.39 is 0 Å². The van der Waals surface area contributed by atoms with Crippen LogP contribution in [0, 0.1) is 5.92 Å². The van der Waals surface area contributed by atoms with Crippen molar-refractivity contribution in [1.82, 2.24) is 24.3 Å². The molecule has 1 amide bonds. The number of likely N-dealkylation sites (N-methyl/N-ethyl adjacent to an activating group) is 1. The van der Waals surface area contributed by atoms with E-state index in [0.717, 1.165) is 12.2 Å². The molecule has 2 aromatic heterocycles. The van der Waals surface area contributed by atoms with Crippen LogP contribution in [0.15, 0.2) is 49.4 Å². The van der Waals surface area contributed by atoms with Crippen molar-refractivity contribution in [2.45, 2.75) is 45.3 Å². The molecule has 164 valence electrons. The van der Waals surface area contributed by atoms with Crippen LogP contribution in [0.4, 0.5) is 0 Å². The van der Waals surface area contributed by atoms with Crippen LogP contribution in [0.2, 0.25) is 0 Å². The van der Waals surface area contributed by atoms with Gasteiger partial charge in [0.2, 0.25) is 5.91 Å². The number of carbonyl (C=O) groups excluding carboxylic acids is 1. The summed E-state index contributed by atoms with van der Waals surface area (Å²) in [4.78, 5) is 19.5. The van der Waals surface area contributed by atoms with Gasteiger partial charge in [0.05, 0.1) is 12.6 Å². The lowest BCUT2D eigenvalue weighted by Gasteiger charge is -2.28. The molecule has 2 atom stereocenters. The molecule has 31 heavy (non-hydrogen) atoms. The maximum atomic E-state index is 13.2. The third kappa shape index (κ3) is 4.17. The fourth-order valence-electron chi connectivity index (χ4n) is 4.73. The molecule has 3 aromatic rings. The number of nitrogens with zero attached hydrogens (tertiary/aromatic N) is 4. The summed E-state index contributed by atoms with van der Waals surface area (Å²) in [6.45, 7) is 9.52. The standard InChI is InChI=1S/C25H33N5O/c1-6-11-29(5)25(31)21-14-18-15-30(16-23-26-10-12-28(23)4)22-9-7-8-19(24(18)22)20(27-21)13-17(2)3/h6-10,12,15,17,20-21,27H,1,11,13-14,16H2,2-5H3. The molecule has 6 nitrogen and oxygen atoms in total. The van der Waals surface area contributed by atoms with E-state index in [2.05, 4.69) is 64.3 Å². The molecule has 4 rings (SSSR count). The van der Waals surface area contributed by atoms with Crippen molar-refractivity contribution in [2.24, 2.45) is 13.0 Å². The van der Waals surface area contributed by atoms with Crippen molar-refractivity contribution in [1.29, 1.82) is 0 Å². The fraction of sp³-hybridized carbons (Fsp3) is 0.440. The molecule has 1 aliphatic heterocycles. The van der Waals surface area contributed by atoms with Gasteiger partial charge < -0.3 is 14.0 Å². The summed E-state index contributed by atoms with van der Waals surface area (Å²) < 4.78 is 4.34. The predicted octanol–water partition coefficient (Wildman–Crippen LogP) is 3.67. The average molecular weight is 420 g/mol. The molecule has 1 aliphatic rings. The first-order valence-corrected chi connectivity index (χ1v) is 11.1. The number of aromatic nitrogens is 3. The Bertz CT molecular complexity index is 1090. The first-order chi connectivity index (χ1) is 14.9. The van der Waals surface area contributed by atoms with Crippen LogP contribution in [0.25, 0.3) is 10.9 Å². The van der Waals surface area contributed by atoms with E-state index in [1.807, 2.05) is 26.5 Å². The molecular formula is C25H33N5O. The minimum absolute atomic E-state index is 0.117. The van der Waals surface area contributed by atoms with Crippen molar-refractivity contribution >= 4 is 16.8 Å². The Labute approximate surface area is 184 Å². The molecule has 0 aliphatic carbocycles. The van der Waals surface area contributed by atoms with E-state index in [1.54, 1.807) is 11.0 Å². The van der Waals surface area contributed by atoms with Crippen LogP contribution >= 0.6 is 0 Å². The first-order valence-electron chi connectivity index (χ1n) is 11.1. The van der Waals surface area contributed by atoms with Gasteiger partial charge in [-0.3, -0.25) is 10.1 Å². The van der Waals surface area contributed by atoms with E-state index in [1.165, 1.54) is 22.0 Å². The average Bonchev–Trinajstić information content (AvgIpc) is 3.25. The second kappa shape index (κ2) is 8.71. The van der Waals surface area contributed by atoms with Crippen LogP contribution in [-0.4, -0.2) is 44.6 Å². The smallest absolute Gasteiger partial charge is 0.240 e. The second-order valence-electron chi connectivity index (χ2n) is 9.09. The Hall–Kier alpha value is -2.86. The molecule has 0 radical (unpaired) electrons. The Morgan fingerprint density at radius 3 is 2.90 bits per heavy atom. The molecule has 3 heterocycles. The Morgan fingerprint density at radius 1 is 1.42 bits per heavy atom. The lowest BCUT2D eigenvalue weighted by Crippen LogP contribution is -2.47. The molecule has 0 bridgehead atoms. The summed E-state index contributed by atoms with van der Waals surface area (Å²) in [5.41, 5.74) is 3.73. The number of carbonyl (C=O) groups is 1. The molecule has 0 spiro atoms. The molecule has 0 fully saturated rings. The molecule has 6 heteroatoms. The van der Waals surface area contributed by atoms with Gasteiger partial charge in [-0.25, -0.2) is 4.98 Å². The normalized spacial score (nSPS) is 18.4. The number of imidazole rings is 1. The molecule has 0 saturated heterocycles. The van der Waals surface area contributed by atoms with Gasteiger partial charge >= 0.3 is 0 Å². The van der Waals surface area contributed by atoms with Crippen LogP contribution in [0.3, 0.4) is 0 Å². The topological polar surface area (TPSA) is 55.1 Å². The maximum Gasteiger partial charge on any atom is 0.240 e. The van der Waals surface area contributed by atoms with Crippen molar-refractivity contribution in [3.63, 3.8) is 0 Å². The number of nitrogens with one attached hydrogen (secondary N) is 1. The lowest BCUT2D eigenvalue weighted by molar-refractivity contribution is -0.131. The minimum atomic E-state index is -0.256. The van der Waals surface area contributed by atoms with Crippen LogP contribution in [0.5, 0.6) is 0 Å². The number of rotatable bonds is 7. The molecule has 1 aromatic carbocycles. The maximum absolute atomic E-state index is 13.2. The largest absolute Gasteiger partial charge is 0.341 e. The fourth-order valence-corrected chi connectivity index (χ4v) is 4.73. The van der Waals surface area contributed by atoms with Crippen molar-refractivity contribution in [3.8, 4) is 0 Å². The number of benzene rings is 1. The Morgan fingerprint density at radius 2 is 2.23 bits per heavy atom. The van der Waals surface area contributed by atoms with Gasteiger partial charge in [-0.05, 0) is 36.0 Å². The number of amides is 1. The summed E-state index contributed by atoms with van der Waals surface area (Å²) in [7, 11) is 3.87. The SMILES string of the molecule is C=CCN(C)C(=O)C1Cc2cn(Cc3nccn3C)c3cccc(c23)C(CC(C)C)N1. The Balaban J connectivity index is 1.79. The number of hydrogen-bond acceptors (Lipinski definition) is 3. The zero-order valence-electron chi connectivity index (χ0n) is 19.0. The summed E-state index contributed by atoms with van der Waals surface area (Å²) in [5.74, 6) is 1.65. The van der Waals surface area contributed by atoms with Crippen LogP contribution < -0.4 is 5.32 Å². The molecular weight excluding hydrogens is 386 g/mol. The second-order valence-corrected chi connectivity index (χ2v) is 9.09. The van der Waals surface area contributed by atoms with E-state index >= 15 is 0 Å². The predicted molar refractivity (Wildman–Crippen MR) is 125 cm³/mol. The lowest BCUT2D eigenvalue weighted by atomic mass is 9.94. The van der Waals surface area contributed by atoms with Crippen molar-refractivity contribution in [3.05, 3.63) is 66.4 Å². The zero-order valence-corrected chi connectivity index (χ0v) is 19.0. The molecule has 0 saturated carbocycles. The van der Waals surface area contributed by atoms with Gasteiger partial charge in [0.25, 0.3) is 0 Å². The van der Waals surface area contributed by atoms with Crippen LogP contribution in [-0.2, 0) is 24.8 Å². The molecule has 2 unspecified atom stereocenters. The van der Waals surface area contributed by atoms with Crippen LogP contribution in [0.1, 0.15) is 43.3 Å². The molecule has 1 N–H and O–H groups in total. The summed E-state index contributed by atoms with van der Waals surface area (Å²) in [6.07, 6.45) is 9.47.